The Morgan fingerprint density at radius 1 is 1.23 bits per heavy atom. The van der Waals surface area contributed by atoms with Crippen molar-refractivity contribution >= 4 is 5.82 Å². The number of nitrogens with one attached hydrogen (secondary N) is 1. The van der Waals surface area contributed by atoms with Crippen LogP contribution in [0.3, 0.4) is 0 Å². The SMILES string of the molecule is COc1ccc(C)cc1CCNc1nc(C)cc(C)c1C#N. The number of aryl methyl sites for hydroxylation is 3. The maximum atomic E-state index is 9.28. The van der Waals surface area contributed by atoms with E-state index in [1.807, 2.05) is 32.0 Å². The van der Waals surface area contributed by atoms with Gasteiger partial charge in [-0.25, -0.2) is 4.98 Å². The number of hydrogen-bond donors (Lipinski definition) is 1. The molecule has 114 valence electrons. The molecular weight excluding hydrogens is 274 g/mol. The van der Waals surface area contributed by atoms with Crippen LogP contribution in [0.4, 0.5) is 5.82 Å². The van der Waals surface area contributed by atoms with Crippen molar-refractivity contribution in [2.45, 2.75) is 27.2 Å². The highest BCUT2D eigenvalue weighted by Crippen LogP contribution is 2.21. The van der Waals surface area contributed by atoms with E-state index in [1.165, 1.54) is 5.56 Å². The van der Waals surface area contributed by atoms with Crippen LogP contribution in [0.1, 0.15) is 27.9 Å². The number of anilines is 1. The van der Waals surface area contributed by atoms with Gasteiger partial charge in [0.2, 0.25) is 0 Å². The fourth-order valence-electron chi connectivity index (χ4n) is 2.52. The monoisotopic (exact) mass is 295 g/mol. The molecule has 0 aliphatic heterocycles. The summed E-state index contributed by atoms with van der Waals surface area (Å²) in [6.07, 6.45) is 0.810. The lowest BCUT2D eigenvalue weighted by molar-refractivity contribution is 0.410. The molecule has 0 saturated heterocycles. The van der Waals surface area contributed by atoms with E-state index in [0.717, 1.165) is 29.0 Å². The molecule has 1 heterocycles. The lowest BCUT2D eigenvalue weighted by Crippen LogP contribution is -2.10. The minimum absolute atomic E-state index is 0.613. The average Bonchev–Trinajstić information content (AvgIpc) is 2.47. The minimum Gasteiger partial charge on any atom is -0.496 e. The minimum atomic E-state index is 0.613. The number of ether oxygens (including phenoxy) is 1. The van der Waals surface area contributed by atoms with Gasteiger partial charge in [0, 0.05) is 12.2 Å². The number of methoxy groups -OCH3 is 1. The molecule has 2 aromatic rings. The molecule has 0 unspecified atom stereocenters. The highest BCUT2D eigenvalue weighted by molar-refractivity contribution is 5.56. The normalized spacial score (nSPS) is 10.1. The van der Waals surface area contributed by atoms with Crippen molar-refractivity contribution in [3.63, 3.8) is 0 Å². The zero-order valence-corrected chi connectivity index (χ0v) is 13.5. The molecule has 0 fully saturated rings. The maximum Gasteiger partial charge on any atom is 0.144 e. The van der Waals surface area contributed by atoms with Crippen molar-refractivity contribution in [1.29, 1.82) is 5.26 Å². The first-order valence-corrected chi connectivity index (χ1v) is 7.31. The molecule has 2 rings (SSSR count). The second kappa shape index (κ2) is 6.95. The number of hydrogen-bond acceptors (Lipinski definition) is 4. The van der Waals surface area contributed by atoms with E-state index in [4.69, 9.17) is 4.74 Å². The van der Waals surface area contributed by atoms with Crippen LogP contribution in [-0.4, -0.2) is 18.6 Å². The Labute approximate surface area is 131 Å². The van der Waals surface area contributed by atoms with Crippen LogP contribution in [0.15, 0.2) is 24.3 Å². The van der Waals surface area contributed by atoms with Gasteiger partial charge >= 0.3 is 0 Å². The number of aromatic nitrogens is 1. The third-order valence-corrected chi connectivity index (χ3v) is 3.58. The molecule has 0 spiro atoms. The molecule has 0 bridgehead atoms. The first kappa shape index (κ1) is 15.8. The van der Waals surface area contributed by atoms with Gasteiger partial charge in [-0.3, -0.25) is 0 Å². The van der Waals surface area contributed by atoms with Gasteiger partial charge in [-0.05, 0) is 50.5 Å². The Morgan fingerprint density at radius 2 is 2.00 bits per heavy atom. The van der Waals surface area contributed by atoms with Gasteiger partial charge in [0.25, 0.3) is 0 Å². The average molecular weight is 295 g/mol. The van der Waals surface area contributed by atoms with Gasteiger partial charge in [0.1, 0.15) is 17.6 Å². The molecular formula is C18H21N3O. The van der Waals surface area contributed by atoms with Crippen molar-refractivity contribution in [2.75, 3.05) is 19.0 Å². The maximum absolute atomic E-state index is 9.28. The molecule has 1 aromatic heterocycles. The molecule has 0 aliphatic rings. The Bertz CT molecular complexity index is 717. The van der Waals surface area contributed by atoms with Crippen molar-refractivity contribution in [3.05, 3.63) is 52.2 Å². The Hall–Kier alpha value is -2.54. The first-order chi connectivity index (χ1) is 10.5. The molecule has 1 N–H and O–H groups in total. The molecule has 0 saturated carbocycles. The first-order valence-electron chi connectivity index (χ1n) is 7.31. The zero-order valence-electron chi connectivity index (χ0n) is 13.5. The second-order valence-electron chi connectivity index (χ2n) is 5.41. The molecule has 0 atom stereocenters. The van der Waals surface area contributed by atoms with E-state index < -0.39 is 0 Å². The summed E-state index contributed by atoms with van der Waals surface area (Å²) in [7, 11) is 1.68. The standard InChI is InChI=1S/C18H21N3O/c1-12-5-6-17(22-4)15(9-12)7-8-20-18-16(11-19)13(2)10-14(3)21-18/h5-6,9-10H,7-8H2,1-4H3,(H,20,21). The van der Waals surface area contributed by atoms with E-state index in [0.29, 0.717) is 17.9 Å². The molecule has 0 radical (unpaired) electrons. The summed E-state index contributed by atoms with van der Waals surface area (Å²) in [5, 5.41) is 12.6. The van der Waals surface area contributed by atoms with Gasteiger partial charge < -0.3 is 10.1 Å². The predicted octanol–water partition coefficient (Wildman–Crippen LogP) is 3.54. The molecule has 4 heteroatoms. The van der Waals surface area contributed by atoms with Crippen LogP contribution in [0.5, 0.6) is 5.75 Å². The van der Waals surface area contributed by atoms with Crippen molar-refractivity contribution < 1.29 is 4.74 Å². The van der Waals surface area contributed by atoms with E-state index in [2.05, 4.69) is 29.4 Å². The topological polar surface area (TPSA) is 57.9 Å². The third-order valence-electron chi connectivity index (χ3n) is 3.58. The lowest BCUT2D eigenvalue weighted by Gasteiger charge is -2.12. The van der Waals surface area contributed by atoms with Crippen LogP contribution in [0.2, 0.25) is 0 Å². The number of nitriles is 1. The van der Waals surface area contributed by atoms with Crippen LogP contribution >= 0.6 is 0 Å². The predicted molar refractivity (Wildman–Crippen MR) is 88.4 cm³/mol. The van der Waals surface area contributed by atoms with E-state index in [-0.39, 0.29) is 0 Å². The van der Waals surface area contributed by atoms with Crippen molar-refractivity contribution in [1.82, 2.24) is 4.98 Å². The van der Waals surface area contributed by atoms with E-state index in [1.54, 1.807) is 7.11 Å². The molecule has 4 nitrogen and oxygen atoms in total. The molecule has 1 aromatic carbocycles. The van der Waals surface area contributed by atoms with Crippen LogP contribution in [0, 0.1) is 32.1 Å². The third kappa shape index (κ3) is 3.56. The zero-order chi connectivity index (χ0) is 16.1. The molecule has 22 heavy (non-hydrogen) atoms. The highest BCUT2D eigenvalue weighted by atomic mass is 16.5. The number of benzene rings is 1. The highest BCUT2D eigenvalue weighted by Gasteiger charge is 2.09. The Balaban J connectivity index is 2.12. The second-order valence-corrected chi connectivity index (χ2v) is 5.41. The summed E-state index contributed by atoms with van der Waals surface area (Å²) < 4.78 is 5.39. The van der Waals surface area contributed by atoms with Gasteiger partial charge in [-0.1, -0.05) is 17.7 Å². The summed E-state index contributed by atoms with van der Waals surface area (Å²) in [5.41, 5.74) is 4.83. The Morgan fingerprint density at radius 3 is 2.68 bits per heavy atom. The smallest absolute Gasteiger partial charge is 0.144 e. The van der Waals surface area contributed by atoms with Gasteiger partial charge in [-0.2, -0.15) is 5.26 Å². The molecule has 0 amide bonds. The van der Waals surface area contributed by atoms with Gasteiger partial charge in [-0.15, -0.1) is 0 Å². The van der Waals surface area contributed by atoms with Gasteiger partial charge in [0.05, 0.1) is 12.7 Å². The van der Waals surface area contributed by atoms with Crippen LogP contribution in [-0.2, 0) is 6.42 Å². The molecule has 0 aliphatic carbocycles. The largest absolute Gasteiger partial charge is 0.496 e. The summed E-state index contributed by atoms with van der Waals surface area (Å²) in [6, 6.07) is 10.3. The van der Waals surface area contributed by atoms with E-state index >= 15 is 0 Å². The number of rotatable bonds is 5. The lowest BCUT2D eigenvalue weighted by atomic mass is 10.1. The van der Waals surface area contributed by atoms with Crippen molar-refractivity contribution in [2.24, 2.45) is 0 Å². The fourth-order valence-corrected chi connectivity index (χ4v) is 2.52. The van der Waals surface area contributed by atoms with Crippen LogP contribution in [0.25, 0.3) is 0 Å². The fraction of sp³-hybridized carbons (Fsp3) is 0.333. The van der Waals surface area contributed by atoms with Gasteiger partial charge in [0.15, 0.2) is 0 Å². The number of pyridine rings is 1. The number of nitrogens with zero attached hydrogens (tertiary/aromatic N) is 2. The summed E-state index contributed by atoms with van der Waals surface area (Å²) in [5.74, 6) is 1.55. The van der Waals surface area contributed by atoms with Crippen LogP contribution < -0.4 is 10.1 Å². The summed E-state index contributed by atoms with van der Waals surface area (Å²) in [4.78, 5) is 4.43. The van der Waals surface area contributed by atoms with E-state index in [9.17, 15) is 5.26 Å². The summed E-state index contributed by atoms with van der Waals surface area (Å²) >= 11 is 0. The Kier molecular flexibility index (Phi) is 5.00. The quantitative estimate of drug-likeness (QED) is 0.916. The van der Waals surface area contributed by atoms with Crippen molar-refractivity contribution in [3.8, 4) is 11.8 Å². The summed E-state index contributed by atoms with van der Waals surface area (Å²) in [6.45, 7) is 6.63.